The summed E-state index contributed by atoms with van der Waals surface area (Å²) in [7, 11) is 0. The molecule has 1 aromatic rings. The van der Waals surface area contributed by atoms with Crippen molar-refractivity contribution in [1.29, 1.82) is 0 Å². The molecule has 3 aliphatic carbocycles. The smallest absolute Gasteiger partial charge is 0.0734 e. The Morgan fingerprint density at radius 3 is 2.69 bits per heavy atom. The van der Waals surface area contributed by atoms with E-state index in [1.165, 1.54) is 39.0 Å². The van der Waals surface area contributed by atoms with E-state index in [1.807, 2.05) is 12.3 Å². The molecule has 1 atom stereocenters. The van der Waals surface area contributed by atoms with Crippen LogP contribution in [0.5, 0.6) is 0 Å². The number of pyridine rings is 1. The molecule has 1 aromatic heterocycles. The second kappa shape index (κ2) is 6.92. The number of rotatable bonds is 2. The van der Waals surface area contributed by atoms with Crippen LogP contribution in [-0.2, 0) is 0 Å². The molecule has 0 saturated heterocycles. The first-order valence-corrected chi connectivity index (χ1v) is 9.44. The van der Waals surface area contributed by atoms with E-state index in [9.17, 15) is 0 Å². The lowest BCUT2D eigenvalue weighted by molar-refractivity contribution is 0.897. The van der Waals surface area contributed by atoms with Crippen LogP contribution in [0.15, 0.2) is 94.8 Å². The summed E-state index contributed by atoms with van der Waals surface area (Å²) >= 11 is 0. The molecule has 0 bridgehead atoms. The van der Waals surface area contributed by atoms with Crippen molar-refractivity contribution in [1.82, 2.24) is 4.98 Å². The van der Waals surface area contributed by atoms with Gasteiger partial charge in [-0.1, -0.05) is 54.2 Å². The maximum absolute atomic E-state index is 4.75. The van der Waals surface area contributed by atoms with Gasteiger partial charge in [-0.05, 0) is 73.6 Å². The average Bonchev–Trinajstić information content (AvgIpc) is 2.81. The van der Waals surface area contributed by atoms with Crippen molar-refractivity contribution in [2.75, 3.05) is 0 Å². The minimum atomic E-state index is 0.303. The molecule has 0 fully saturated rings. The predicted molar refractivity (Wildman–Crippen MR) is 111 cm³/mol. The quantitative estimate of drug-likeness (QED) is 0.604. The number of nitrogens with zero attached hydrogens (tertiary/aromatic N) is 1. The van der Waals surface area contributed by atoms with Crippen LogP contribution < -0.4 is 0 Å². The van der Waals surface area contributed by atoms with Gasteiger partial charge < -0.3 is 0 Å². The van der Waals surface area contributed by atoms with Crippen molar-refractivity contribution in [3.8, 4) is 0 Å². The summed E-state index contributed by atoms with van der Waals surface area (Å²) < 4.78 is 0. The van der Waals surface area contributed by atoms with Gasteiger partial charge in [0.1, 0.15) is 0 Å². The Labute approximate surface area is 156 Å². The predicted octanol–water partition coefficient (Wildman–Crippen LogP) is 6.44. The molecule has 0 spiro atoms. The highest BCUT2D eigenvalue weighted by molar-refractivity contribution is 5.86. The highest BCUT2D eigenvalue weighted by atomic mass is 14.7. The van der Waals surface area contributed by atoms with Crippen molar-refractivity contribution in [2.24, 2.45) is 5.92 Å². The van der Waals surface area contributed by atoms with Crippen LogP contribution in [0.3, 0.4) is 0 Å². The second-order valence-corrected chi connectivity index (χ2v) is 7.33. The van der Waals surface area contributed by atoms with Crippen molar-refractivity contribution < 1.29 is 0 Å². The summed E-state index contributed by atoms with van der Waals surface area (Å²) in [6, 6.07) is 4.17. The highest BCUT2D eigenvalue weighted by Crippen LogP contribution is 2.43. The van der Waals surface area contributed by atoms with Crippen LogP contribution in [0, 0.1) is 12.8 Å². The first kappa shape index (κ1) is 16.8. The van der Waals surface area contributed by atoms with Crippen LogP contribution in [0.1, 0.15) is 37.9 Å². The van der Waals surface area contributed by atoms with E-state index in [2.05, 4.69) is 75.4 Å². The van der Waals surface area contributed by atoms with Gasteiger partial charge in [0, 0.05) is 17.7 Å². The van der Waals surface area contributed by atoms with E-state index in [1.54, 1.807) is 0 Å². The largest absolute Gasteiger partial charge is 0.256 e. The molecule has 0 radical (unpaired) electrons. The highest BCUT2D eigenvalue weighted by Gasteiger charge is 2.27. The summed E-state index contributed by atoms with van der Waals surface area (Å²) in [5.41, 5.74) is 10.3. The maximum atomic E-state index is 4.75. The second-order valence-electron chi connectivity index (χ2n) is 7.33. The van der Waals surface area contributed by atoms with Gasteiger partial charge in [0.2, 0.25) is 0 Å². The third kappa shape index (κ3) is 2.99. The minimum Gasteiger partial charge on any atom is -0.256 e. The summed E-state index contributed by atoms with van der Waals surface area (Å²) in [4.78, 5) is 4.75. The zero-order chi connectivity index (χ0) is 18.1. The lowest BCUT2D eigenvalue weighted by Crippen LogP contribution is -2.13. The number of hydrogen-bond donors (Lipinski definition) is 0. The van der Waals surface area contributed by atoms with Crippen molar-refractivity contribution in [2.45, 2.75) is 33.6 Å². The third-order valence-electron chi connectivity index (χ3n) is 5.46. The summed E-state index contributed by atoms with van der Waals surface area (Å²) in [5, 5.41) is 0. The molecule has 1 heteroatoms. The number of allylic oxidation sites excluding steroid dienone is 14. The average molecular weight is 339 g/mol. The van der Waals surface area contributed by atoms with E-state index in [0.29, 0.717) is 5.92 Å². The Balaban J connectivity index is 1.94. The fourth-order valence-corrected chi connectivity index (χ4v) is 4.04. The van der Waals surface area contributed by atoms with Crippen LogP contribution >= 0.6 is 0 Å². The molecule has 1 nitrogen and oxygen atoms in total. The molecule has 0 N–H and O–H groups in total. The Bertz CT molecular complexity index is 958. The van der Waals surface area contributed by atoms with Gasteiger partial charge in [-0.2, -0.15) is 0 Å². The van der Waals surface area contributed by atoms with E-state index in [4.69, 9.17) is 4.98 Å². The topological polar surface area (TPSA) is 12.9 Å². The first-order chi connectivity index (χ1) is 12.6. The number of fused-ring (bicyclic) bond motifs is 1. The SMILES string of the molecule is CC1=CC=CC(C)=C2C(c3ncccc3C)=CC(C3=CCCC=C3)=CC12. The van der Waals surface area contributed by atoms with Crippen LogP contribution in [-0.4, -0.2) is 4.98 Å². The Hall–Kier alpha value is -2.67. The van der Waals surface area contributed by atoms with Gasteiger partial charge in [-0.25, -0.2) is 0 Å². The molecular weight excluding hydrogens is 314 g/mol. The molecule has 0 amide bonds. The molecule has 130 valence electrons. The van der Waals surface area contributed by atoms with Gasteiger partial charge >= 0.3 is 0 Å². The van der Waals surface area contributed by atoms with E-state index in [0.717, 1.165) is 18.5 Å². The Morgan fingerprint density at radius 1 is 1.04 bits per heavy atom. The lowest BCUT2D eigenvalue weighted by Gasteiger charge is -2.28. The normalized spacial score (nSPS) is 22.2. The number of hydrogen-bond acceptors (Lipinski definition) is 1. The maximum Gasteiger partial charge on any atom is 0.0734 e. The van der Waals surface area contributed by atoms with Gasteiger partial charge in [-0.3, -0.25) is 4.98 Å². The summed E-state index contributed by atoms with van der Waals surface area (Å²) in [6.45, 7) is 6.61. The van der Waals surface area contributed by atoms with E-state index >= 15 is 0 Å². The molecule has 0 saturated carbocycles. The van der Waals surface area contributed by atoms with Crippen LogP contribution in [0.25, 0.3) is 5.57 Å². The lowest BCUT2D eigenvalue weighted by atomic mass is 9.76. The summed E-state index contributed by atoms with van der Waals surface area (Å²) in [6.07, 6.45) is 22.5. The zero-order valence-corrected chi connectivity index (χ0v) is 15.8. The molecule has 4 rings (SSSR count). The fourth-order valence-electron chi connectivity index (χ4n) is 4.04. The molecule has 1 heterocycles. The van der Waals surface area contributed by atoms with E-state index < -0.39 is 0 Å². The van der Waals surface area contributed by atoms with Crippen molar-refractivity contribution in [3.05, 3.63) is 106 Å². The van der Waals surface area contributed by atoms with Crippen LogP contribution in [0.4, 0.5) is 0 Å². The zero-order valence-electron chi connectivity index (χ0n) is 15.8. The van der Waals surface area contributed by atoms with Gasteiger partial charge in [0.25, 0.3) is 0 Å². The minimum absolute atomic E-state index is 0.303. The third-order valence-corrected chi connectivity index (χ3v) is 5.46. The van der Waals surface area contributed by atoms with E-state index in [-0.39, 0.29) is 0 Å². The molecular formula is C25H25N. The number of aryl methyl sites for hydroxylation is 1. The van der Waals surface area contributed by atoms with Crippen molar-refractivity contribution >= 4 is 5.57 Å². The molecule has 1 unspecified atom stereocenters. The van der Waals surface area contributed by atoms with Crippen LogP contribution in [0.2, 0.25) is 0 Å². The van der Waals surface area contributed by atoms with Gasteiger partial charge in [0.15, 0.2) is 0 Å². The Morgan fingerprint density at radius 2 is 1.92 bits per heavy atom. The van der Waals surface area contributed by atoms with Gasteiger partial charge in [0.05, 0.1) is 5.69 Å². The number of aromatic nitrogens is 1. The fraction of sp³-hybridized carbons (Fsp3) is 0.240. The summed E-state index contributed by atoms with van der Waals surface area (Å²) in [5.74, 6) is 0.303. The Kier molecular flexibility index (Phi) is 4.46. The molecule has 3 aliphatic rings. The monoisotopic (exact) mass is 339 g/mol. The van der Waals surface area contributed by atoms with Gasteiger partial charge in [-0.15, -0.1) is 0 Å². The molecule has 26 heavy (non-hydrogen) atoms. The standard InChI is InChI=1S/C25H25N/c1-17-9-7-10-18(2)24-22(17)15-21(20-12-5-4-6-13-20)16-23(24)25-19(3)11-8-14-26-25/h5,7-16,22H,4,6H2,1-3H3. The molecule has 0 aromatic carbocycles. The molecule has 0 aliphatic heterocycles. The first-order valence-electron chi connectivity index (χ1n) is 9.44. The van der Waals surface area contributed by atoms with Crippen molar-refractivity contribution in [3.63, 3.8) is 0 Å².